The maximum absolute atomic E-state index is 13.2. The zero-order valence-corrected chi connectivity index (χ0v) is 10.5. The molecule has 3 N–H and O–H groups in total. The molecular formula is C12H13FN4O2. The Bertz CT molecular complexity index is 624. The molecule has 1 aromatic heterocycles. The number of benzene rings is 1. The minimum Gasteiger partial charge on any atom is -0.465 e. The van der Waals surface area contributed by atoms with E-state index in [0.29, 0.717) is 5.69 Å². The van der Waals surface area contributed by atoms with E-state index in [-0.39, 0.29) is 17.2 Å². The third-order valence-corrected chi connectivity index (χ3v) is 2.60. The Morgan fingerprint density at radius 3 is 2.84 bits per heavy atom. The van der Waals surface area contributed by atoms with E-state index in [1.54, 1.807) is 13.1 Å². The van der Waals surface area contributed by atoms with Gasteiger partial charge in [-0.2, -0.15) is 0 Å². The topological polar surface area (TPSA) is 82.2 Å². The van der Waals surface area contributed by atoms with E-state index in [1.165, 1.54) is 30.0 Å². The number of methoxy groups -OCH3 is 1. The highest BCUT2D eigenvalue weighted by atomic mass is 19.1. The molecule has 0 aliphatic rings. The van der Waals surface area contributed by atoms with Crippen molar-refractivity contribution in [1.29, 1.82) is 0 Å². The summed E-state index contributed by atoms with van der Waals surface area (Å²) in [5.74, 6) is -0.669. The highest BCUT2D eigenvalue weighted by Gasteiger charge is 2.22. The van der Waals surface area contributed by atoms with Crippen molar-refractivity contribution >= 4 is 17.6 Å². The number of rotatable bonds is 3. The molecule has 0 saturated carbocycles. The van der Waals surface area contributed by atoms with Crippen molar-refractivity contribution < 1.29 is 13.9 Å². The number of halogens is 1. The SMILES string of the molecule is CNc1nn(-c2cccc(F)c2)c(N)c1C(=O)OC. The molecule has 0 saturated heterocycles. The molecule has 0 aliphatic heterocycles. The first kappa shape index (κ1) is 12.9. The summed E-state index contributed by atoms with van der Waals surface area (Å²) in [6, 6.07) is 5.74. The van der Waals surface area contributed by atoms with Crippen LogP contribution in [0.4, 0.5) is 16.0 Å². The molecule has 19 heavy (non-hydrogen) atoms. The van der Waals surface area contributed by atoms with Crippen molar-refractivity contribution in [3.05, 3.63) is 35.6 Å². The van der Waals surface area contributed by atoms with Crippen LogP contribution < -0.4 is 11.1 Å². The largest absolute Gasteiger partial charge is 0.465 e. The van der Waals surface area contributed by atoms with Crippen molar-refractivity contribution in [3.63, 3.8) is 0 Å². The third-order valence-electron chi connectivity index (χ3n) is 2.60. The zero-order valence-electron chi connectivity index (χ0n) is 10.5. The number of nitrogens with two attached hydrogens (primary N) is 1. The second kappa shape index (κ2) is 4.97. The molecular weight excluding hydrogens is 251 g/mol. The molecule has 2 rings (SSSR count). The highest BCUT2D eigenvalue weighted by molar-refractivity contribution is 5.99. The first-order chi connectivity index (χ1) is 9.08. The Kier molecular flexibility index (Phi) is 3.37. The monoisotopic (exact) mass is 264 g/mol. The first-order valence-corrected chi connectivity index (χ1v) is 5.49. The van der Waals surface area contributed by atoms with Crippen LogP contribution in [0, 0.1) is 5.82 Å². The molecule has 6 nitrogen and oxygen atoms in total. The summed E-state index contributed by atoms with van der Waals surface area (Å²) in [4.78, 5) is 11.7. The lowest BCUT2D eigenvalue weighted by Gasteiger charge is -2.04. The number of aromatic nitrogens is 2. The smallest absolute Gasteiger partial charge is 0.345 e. The minimum atomic E-state index is -0.607. The fourth-order valence-electron chi connectivity index (χ4n) is 1.71. The molecule has 0 radical (unpaired) electrons. The van der Waals surface area contributed by atoms with Gasteiger partial charge in [-0.1, -0.05) is 6.07 Å². The van der Waals surface area contributed by atoms with E-state index in [4.69, 9.17) is 5.73 Å². The maximum atomic E-state index is 13.2. The van der Waals surface area contributed by atoms with E-state index in [0.717, 1.165) is 0 Å². The molecule has 100 valence electrons. The lowest BCUT2D eigenvalue weighted by molar-refractivity contribution is 0.0603. The Morgan fingerprint density at radius 2 is 2.26 bits per heavy atom. The van der Waals surface area contributed by atoms with Gasteiger partial charge in [-0.3, -0.25) is 0 Å². The molecule has 7 heteroatoms. The van der Waals surface area contributed by atoms with Crippen molar-refractivity contribution in [3.8, 4) is 5.69 Å². The van der Waals surface area contributed by atoms with Gasteiger partial charge in [0, 0.05) is 7.05 Å². The number of esters is 1. The summed E-state index contributed by atoms with van der Waals surface area (Å²) < 4.78 is 19.1. The van der Waals surface area contributed by atoms with Gasteiger partial charge < -0.3 is 15.8 Å². The number of anilines is 2. The van der Waals surface area contributed by atoms with Crippen LogP contribution >= 0.6 is 0 Å². The summed E-state index contributed by atoms with van der Waals surface area (Å²) in [7, 11) is 2.85. The van der Waals surface area contributed by atoms with E-state index < -0.39 is 11.8 Å². The zero-order chi connectivity index (χ0) is 14.0. The number of carbonyl (C=O) groups excluding carboxylic acids is 1. The molecule has 0 bridgehead atoms. The molecule has 0 atom stereocenters. The summed E-state index contributed by atoms with van der Waals surface area (Å²) in [6.45, 7) is 0. The molecule has 0 aliphatic carbocycles. The standard InChI is InChI=1S/C12H13FN4O2/c1-15-11-9(12(18)19-2)10(14)17(16-11)8-5-3-4-7(13)6-8/h3-6H,14H2,1-2H3,(H,15,16). The summed E-state index contributed by atoms with van der Waals surface area (Å²) in [5, 5.41) is 6.87. The molecule has 0 unspecified atom stereocenters. The van der Waals surface area contributed by atoms with Gasteiger partial charge in [-0.05, 0) is 18.2 Å². The van der Waals surface area contributed by atoms with Crippen molar-refractivity contribution in [2.75, 3.05) is 25.2 Å². The molecule has 1 aromatic carbocycles. The second-order valence-corrected chi connectivity index (χ2v) is 3.74. The number of nitrogens with one attached hydrogen (secondary N) is 1. The lowest BCUT2D eigenvalue weighted by Crippen LogP contribution is -2.08. The van der Waals surface area contributed by atoms with Gasteiger partial charge in [0.2, 0.25) is 0 Å². The maximum Gasteiger partial charge on any atom is 0.345 e. The van der Waals surface area contributed by atoms with E-state index in [1.807, 2.05) is 0 Å². The fourth-order valence-corrected chi connectivity index (χ4v) is 1.71. The van der Waals surface area contributed by atoms with Gasteiger partial charge in [-0.25, -0.2) is 13.9 Å². The number of hydrogen-bond donors (Lipinski definition) is 2. The average molecular weight is 264 g/mol. The molecule has 0 spiro atoms. The van der Waals surface area contributed by atoms with Gasteiger partial charge >= 0.3 is 5.97 Å². The van der Waals surface area contributed by atoms with Crippen LogP contribution in [0.25, 0.3) is 5.69 Å². The van der Waals surface area contributed by atoms with Crippen LogP contribution in [-0.4, -0.2) is 29.9 Å². The van der Waals surface area contributed by atoms with Crippen LogP contribution in [0.2, 0.25) is 0 Å². The Balaban J connectivity index is 2.60. The second-order valence-electron chi connectivity index (χ2n) is 3.74. The summed E-state index contributed by atoms with van der Waals surface area (Å²) >= 11 is 0. The lowest BCUT2D eigenvalue weighted by atomic mass is 10.3. The minimum absolute atomic E-state index is 0.0850. The first-order valence-electron chi connectivity index (χ1n) is 5.49. The van der Waals surface area contributed by atoms with Gasteiger partial charge in [0.05, 0.1) is 12.8 Å². The van der Waals surface area contributed by atoms with Crippen LogP contribution in [0.5, 0.6) is 0 Å². The van der Waals surface area contributed by atoms with Crippen molar-refractivity contribution in [2.45, 2.75) is 0 Å². The molecule has 0 amide bonds. The van der Waals surface area contributed by atoms with Gasteiger partial charge in [-0.15, -0.1) is 5.10 Å². The molecule has 2 aromatic rings. The number of nitrogen functional groups attached to an aromatic ring is 1. The van der Waals surface area contributed by atoms with Gasteiger partial charge in [0.1, 0.15) is 17.2 Å². The highest BCUT2D eigenvalue weighted by Crippen LogP contribution is 2.25. The average Bonchev–Trinajstić information content (AvgIpc) is 2.75. The van der Waals surface area contributed by atoms with E-state index in [9.17, 15) is 9.18 Å². The number of ether oxygens (including phenoxy) is 1. The number of carbonyl (C=O) groups is 1. The summed E-state index contributed by atoms with van der Waals surface area (Å²) in [6.07, 6.45) is 0. The predicted molar refractivity (Wildman–Crippen MR) is 68.8 cm³/mol. The predicted octanol–water partition coefficient (Wildman–Crippen LogP) is 1.42. The van der Waals surface area contributed by atoms with Crippen LogP contribution in [0.15, 0.2) is 24.3 Å². The van der Waals surface area contributed by atoms with Gasteiger partial charge in [0.25, 0.3) is 0 Å². The number of nitrogens with zero attached hydrogens (tertiary/aromatic N) is 2. The van der Waals surface area contributed by atoms with Gasteiger partial charge in [0.15, 0.2) is 5.82 Å². The Labute approximate surface area is 109 Å². The molecule has 0 fully saturated rings. The third kappa shape index (κ3) is 2.22. The van der Waals surface area contributed by atoms with E-state index >= 15 is 0 Å². The Hall–Kier alpha value is -2.57. The van der Waals surface area contributed by atoms with Crippen molar-refractivity contribution in [1.82, 2.24) is 9.78 Å². The molecule has 1 heterocycles. The van der Waals surface area contributed by atoms with Crippen LogP contribution in [0.3, 0.4) is 0 Å². The number of hydrogen-bond acceptors (Lipinski definition) is 5. The Morgan fingerprint density at radius 1 is 1.53 bits per heavy atom. The summed E-state index contributed by atoms with van der Waals surface area (Å²) in [5.41, 5.74) is 6.42. The van der Waals surface area contributed by atoms with Crippen LogP contribution in [-0.2, 0) is 4.74 Å². The van der Waals surface area contributed by atoms with Crippen LogP contribution in [0.1, 0.15) is 10.4 Å². The van der Waals surface area contributed by atoms with Crippen molar-refractivity contribution in [2.24, 2.45) is 0 Å². The quantitative estimate of drug-likeness (QED) is 0.819. The normalized spacial score (nSPS) is 10.3. The fraction of sp³-hybridized carbons (Fsp3) is 0.167. The van der Waals surface area contributed by atoms with E-state index in [2.05, 4.69) is 15.2 Å².